The van der Waals surface area contributed by atoms with Gasteiger partial charge in [-0.05, 0) is 61.0 Å². The molecule has 1 N–H and O–H groups in total. The van der Waals surface area contributed by atoms with E-state index in [9.17, 15) is 9.18 Å². The lowest BCUT2D eigenvalue weighted by molar-refractivity contribution is -0.125. The average molecular weight is 431 g/mol. The Labute approximate surface area is 186 Å². The van der Waals surface area contributed by atoms with Crippen molar-refractivity contribution in [2.45, 2.75) is 25.8 Å². The van der Waals surface area contributed by atoms with Crippen molar-refractivity contribution < 1.29 is 9.18 Å². The summed E-state index contributed by atoms with van der Waals surface area (Å²) in [6.45, 7) is 3.13. The molecule has 0 radical (unpaired) electrons. The van der Waals surface area contributed by atoms with Crippen molar-refractivity contribution in [1.82, 2.24) is 14.9 Å². The molecule has 1 saturated heterocycles. The van der Waals surface area contributed by atoms with Crippen LogP contribution in [0.4, 0.5) is 10.1 Å². The zero-order chi connectivity index (χ0) is 21.9. The van der Waals surface area contributed by atoms with Crippen LogP contribution >= 0.6 is 0 Å². The number of rotatable bonds is 6. The number of hydrogen-bond donors (Lipinski definition) is 1. The summed E-state index contributed by atoms with van der Waals surface area (Å²) in [5.74, 6) is -0.0786. The topological polar surface area (TPSA) is 50.2 Å². The van der Waals surface area contributed by atoms with Gasteiger partial charge in [-0.2, -0.15) is 0 Å². The van der Waals surface area contributed by atoms with E-state index in [1.807, 2.05) is 12.1 Å². The lowest BCUT2D eigenvalue weighted by Crippen LogP contribution is -2.41. The standard InChI is InChI=1S/C26H27FN4O/c27-21-6-7-23-22(18-21)25(8-13-28-23)31-16-10-20(11-17-31)26(32)29-12-3-14-30-15-9-19-4-1-2-5-24(19)30/h1-2,4-9,13,15,18,20H,3,10-12,14,16-17H2,(H,29,32). The van der Waals surface area contributed by atoms with Gasteiger partial charge in [0, 0.05) is 61.1 Å². The number of piperidine rings is 1. The number of pyridine rings is 1. The Morgan fingerprint density at radius 1 is 1.09 bits per heavy atom. The number of para-hydroxylation sites is 1. The maximum atomic E-state index is 13.8. The van der Waals surface area contributed by atoms with Gasteiger partial charge in [0.05, 0.1) is 5.52 Å². The Kier molecular flexibility index (Phi) is 5.75. The molecule has 1 amide bonds. The number of anilines is 1. The summed E-state index contributed by atoms with van der Waals surface area (Å²) in [4.78, 5) is 19.3. The summed E-state index contributed by atoms with van der Waals surface area (Å²) < 4.78 is 16.0. The van der Waals surface area contributed by atoms with Crippen LogP contribution in [0.25, 0.3) is 21.8 Å². The van der Waals surface area contributed by atoms with E-state index < -0.39 is 0 Å². The highest BCUT2D eigenvalue weighted by atomic mass is 19.1. The zero-order valence-corrected chi connectivity index (χ0v) is 18.0. The van der Waals surface area contributed by atoms with Crippen molar-refractivity contribution in [3.8, 4) is 0 Å². The monoisotopic (exact) mass is 430 g/mol. The van der Waals surface area contributed by atoms with Crippen LogP contribution in [0.3, 0.4) is 0 Å². The minimum absolute atomic E-state index is 0.0310. The van der Waals surface area contributed by atoms with E-state index in [1.54, 1.807) is 18.3 Å². The van der Waals surface area contributed by atoms with Crippen LogP contribution in [-0.4, -0.2) is 35.1 Å². The fraction of sp³-hybridized carbons (Fsp3) is 0.308. The quantitative estimate of drug-likeness (QED) is 0.449. The fourth-order valence-electron chi connectivity index (χ4n) is 4.70. The molecule has 5 rings (SSSR count). The maximum Gasteiger partial charge on any atom is 0.223 e. The first-order valence-electron chi connectivity index (χ1n) is 11.3. The second kappa shape index (κ2) is 8.99. The van der Waals surface area contributed by atoms with Crippen molar-refractivity contribution in [1.29, 1.82) is 0 Å². The molecule has 32 heavy (non-hydrogen) atoms. The van der Waals surface area contributed by atoms with Crippen LogP contribution < -0.4 is 10.2 Å². The molecular formula is C26H27FN4O. The van der Waals surface area contributed by atoms with E-state index in [4.69, 9.17) is 0 Å². The fourth-order valence-corrected chi connectivity index (χ4v) is 4.70. The Morgan fingerprint density at radius 2 is 1.94 bits per heavy atom. The number of hydrogen-bond acceptors (Lipinski definition) is 3. The van der Waals surface area contributed by atoms with Crippen LogP contribution in [0, 0.1) is 11.7 Å². The van der Waals surface area contributed by atoms with E-state index in [2.05, 4.69) is 50.2 Å². The Bertz CT molecular complexity index is 1240. The van der Waals surface area contributed by atoms with Crippen molar-refractivity contribution >= 4 is 33.4 Å². The predicted molar refractivity (Wildman–Crippen MR) is 126 cm³/mol. The Morgan fingerprint density at radius 3 is 2.81 bits per heavy atom. The van der Waals surface area contributed by atoms with Gasteiger partial charge < -0.3 is 14.8 Å². The van der Waals surface area contributed by atoms with E-state index in [1.165, 1.54) is 17.0 Å². The van der Waals surface area contributed by atoms with Gasteiger partial charge in [0.2, 0.25) is 5.91 Å². The third kappa shape index (κ3) is 4.17. The van der Waals surface area contributed by atoms with Gasteiger partial charge >= 0.3 is 0 Å². The van der Waals surface area contributed by atoms with Crippen LogP contribution in [0.2, 0.25) is 0 Å². The molecule has 1 fully saturated rings. The van der Waals surface area contributed by atoms with Gasteiger partial charge in [0.15, 0.2) is 0 Å². The van der Waals surface area contributed by atoms with E-state index >= 15 is 0 Å². The smallest absolute Gasteiger partial charge is 0.223 e. The SMILES string of the molecule is O=C(NCCCn1ccc2ccccc21)C1CCN(c2ccnc3ccc(F)cc23)CC1. The van der Waals surface area contributed by atoms with Gasteiger partial charge in [-0.3, -0.25) is 9.78 Å². The first-order chi connectivity index (χ1) is 15.7. The second-order valence-electron chi connectivity index (χ2n) is 8.47. The summed E-state index contributed by atoms with van der Waals surface area (Å²) in [7, 11) is 0. The molecule has 0 unspecified atom stereocenters. The number of fused-ring (bicyclic) bond motifs is 2. The number of nitrogens with zero attached hydrogens (tertiary/aromatic N) is 3. The molecule has 5 nitrogen and oxygen atoms in total. The predicted octanol–water partition coefficient (Wildman–Crippen LogP) is 4.75. The molecule has 3 heterocycles. The molecule has 1 aliphatic heterocycles. The van der Waals surface area contributed by atoms with Gasteiger partial charge in [-0.1, -0.05) is 18.2 Å². The van der Waals surface area contributed by atoms with Crippen LogP contribution in [0.1, 0.15) is 19.3 Å². The first-order valence-corrected chi connectivity index (χ1v) is 11.3. The lowest BCUT2D eigenvalue weighted by Gasteiger charge is -2.33. The molecule has 0 saturated carbocycles. The molecule has 0 atom stereocenters. The van der Waals surface area contributed by atoms with E-state index in [0.717, 1.165) is 55.5 Å². The van der Waals surface area contributed by atoms with Crippen molar-refractivity contribution in [2.24, 2.45) is 5.92 Å². The van der Waals surface area contributed by atoms with Gasteiger partial charge in [0.1, 0.15) is 5.82 Å². The molecule has 2 aromatic heterocycles. The minimum atomic E-state index is -0.256. The normalized spacial score (nSPS) is 14.8. The minimum Gasteiger partial charge on any atom is -0.371 e. The van der Waals surface area contributed by atoms with Crippen LogP contribution in [0.5, 0.6) is 0 Å². The summed E-state index contributed by atoms with van der Waals surface area (Å²) in [6.07, 6.45) is 6.37. The average Bonchev–Trinajstić information content (AvgIpc) is 3.24. The van der Waals surface area contributed by atoms with Crippen molar-refractivity contribution in [3.63, 3.8) is 0 Å². The number of carbonyl (C=O) groups is 1. The molecular weight excluding hydrogens is 403 g/mol. The molecule has 0 aliphatic carbocycles. The van der Waals surface area contributed by atoms with Gasteiger partial charge in [-0.15, -0.1) is 0 Å². The zero-order valence-electron chi connectivity index (χ0n) is 18.0. The number of nitrogens with one attached hydrogen (secondary N) is 1. The summed E-state index contributed by atoms with van der Waals surface area (Å²) in [5.41, 5.74) is 3.02. The molecule has 6 heteroatoms. The molecule has 1 aliphatic rings. The molecule has 0 spiro atoms. The third-order valence-electron chi connectivity index (χ3n) is 6.44. The van der Waals surface area contributed by atoms with E-state index in [-0.39, 0.29) is 17.6 Å². The number of aromatic nitrogens is 2. The number of aryl methyl sites for hydroxylation is 1. The summed E-state index contributed by atoms with van der Waals surface area (Å²) >= 11 is 0. The van der Waals surface area contributed by atoms with Crippen molar-refractivity contribution in [2.75, 3.05) is 24.5 Å². The van der Waals surface area contributed by atoms with Gasteiger partial charge in [0.25, 0.3) is 0 Å². The first kappa shape index (κ1) is 20.5. The lowest BCUT2D eigenvalue weighted by atomic mass is 9.95. The maximum absolute atomic E-state index is 13.8. The molecule has 4 aromatic rings. The number of carbonyl (C=O) groups excluding carboxylic acids is 1. The summed E-state index contributed by atoms with van der Waals surface area (Å²) in [6, 6.07) is 17.1. The number of halogens is 1. The van der Waals surface area contributed by atoms with E-state index in [0.29, 0.717) is 6.54 Å². The molecule has 164 valence electrons. The van der Waals surface area contributed by atoms with Crippen molar-refractivity contribution in [3.05, 3.63) is 72.8 Å². The largest absolute Gasteiger partial charge is 0.371 e. The Hall–Kier alpha value is -3.41. The van der Waals surface area contributed by atoms with Crippen LogP contribution in [-0.2, 0) is 11.3 Å². The highest BCUT2D eigenvalue weighted by Crippen LogP contribution is 2.30. The molecule has 2 aromatic carbocycles. The molecule has 0 bridgehead atoms. The Balaban J connectivity index is 1.12. The second-order valence-corrected chi connectivity index (χ2v) is 8.47. The summed E-state index contributed by atoms with van der Waals surface area (Å²) in [5, 5.41) is 5.19. The highest BCUT2D eigenvalue weighted by molar-refractivity contribution is 5.91. The van der Waals surface area contributed by atoms with Crippen LogP contribution in [0.15, 0.2) is 67.0 Å². The van der Waals surface area contributed by atoms with Gasteiger partial charge in [-0.25, -0.2) is 4.39 Å². The number of amides is 1. The number of benzene rings is 2. The third-order valence-corrected chi connectivity index (χ3v) is 6.44. The highest BCUT2D eigenvalue weighted by Gasteiger charge is 2.25.